The van der Waals surface area contributed by atoms with Crippen molar-refractivity contribution in [1.29, 1.82) is 0 Å². The number of piperazine rings is 1. The molecule has 2 aromatic carbocycles. The Kier molecular flexibility index (Phi) is 5.20. The summed E-state index contributed by atoms with van der Waals surface area (Å²) in [5.74, 6) is 0.181. The van der Waals surface area contributed by atoms with Gasteiger partial charge in [0.05, 0.1) is 11.2 Å². The molecular formula is C23H26N4O3. The van der Waals surface area contributed by atoms with Gasteiger partial charge in [0.1, 0.15) is 11.4 Å². The van der Waals surface area contributed by atoms with Crippen LogP contribution < -0.4 is 4.90 Å². The number of phenols is 1. The molecule has 0 spiro atoms. The maximum absolute atomic E-state index is 12.3. The van der Waals surface area contributed by atoms with Crippen LogP contribution in [-0.4, -0.2) is 58.1 Å². The third-order valence-electron chi connectivity index (χ3n) is 5.05. The standard InChI is InChI=1S/C23H26N4O3/c1-23(2,3)30-22(29)27-12-10-26(11-13-27)17-8-9-19-16(14-17)15-20(25-24-19)18-6-4-5-7-21(18)28/h4-9,14-15,28H,10-13H2,1-3H3. The Morgan fingerprint density at radius 2 is 1.73 bits per heavy atom. The summed E-state index contributed by atoms with van der Waals surface area (Å²) < 4.78 is 5.47. The van der Waals surface area contributed by atoms with Gasteiger partial charge in [0.15, 0.2) is 0 Å². The lowest BCUT2D eigenvalue weighted by molar-refractivity contribution is 0.0240. The van der Waals surface area contributed by atoms with E-state index < -0.39 is 5.60 Å². The van der Waals surface area contributed by atoms with Crippen LogP contribution in [0.25, 0.3) is 22.2 Å². The molecule has 3 aromatic rings. The van der Waals surface area contributed by atoms with E-state index in [4.69, 9.17) is 4.74 Å². The summed E-state index contributed by atoms with van der Waals surface area (Å²) in [7, 11) is 0. The van der Waals surface area contributed by atoms with Crippen LogP contribution in [0.4, 0.5) is 10.5 Å². The van der Waals surface area contributed by atoms with E-state index in [2.05, 4.69) is 21.2 Å². The SMILES string of the molecule is CC(C)(C)OC(=O)N1CCN(c2ccc3nnc(-c4ccccc4O)cc3c2)CC1. The average molecular weight is 406 g/mol. The van der Waals surface area contributed by atoms with Gasteiger partial charge in [0, 0.05) is 42.8 Å². The predicted octanol–water partition coefficient (Wildman–Crippen LogP) is 4.06. The Bertz CT molecular complexity index is 1070. The van der Waals surface area contributed by atoms with Crippen LogP contribution in [-0.2, 0) is 4.74 Å². The fourth-order valence-corrected chi connectivity index (χ4v) is 3.52. The Balaban J connectivity index is 1.51. The number of carbonyl (C=O) groups excluding carboxylic acids is 1. The molecule has 0 saturated carbocycles. The second-order valence-corrected chi connectivity index (χ2v) is 8.44. The Morgan fingerprint density at radius 3 is 2.43 bits per heavy atom. The quantitative estimate of drug-likeness (QED) is 0.691. The summed E-state index contributed by atoms with van der Waals surface area (Å²) in [6.45, 7) is 8.33. The number of nitrogens with zero attached hydrogens (tertiary/aromatic N) is 4. The number of ether oxygens (including phenoxy) is 1. The molecule has 0 bridgehead atoms. The van der Waals surface area contributed by atoms with Gasteiger partial charge in [-0.25, -0.2) is 4.79 Å². The molecular weight excluding hydrogens is 380 g/mol. The summed E-state index contributed by atoms with van der Waals surface area (Å²) >= 11 is 0. The number of hydrogen-bond donors (Lipinski definition) is 1. The normalized spacial score (nSPS) is 14.8. The maximum atomic E-state index is 12.3. The van der Waals surface area contributed by atoms with Gasteiger partial charge in [0.25, 0.3) is 0 Å². The molecule has 0 atom stereocenters. The van der Waals surface area contributed by atoms with E-state index in [1.54, 1.807) is 17.0 Å². The van der Waals surface area contributed by atoms with E-state index in [0.717, 1.165) is 29.7 Å². The largest absolute Gasteiger partial charge is 0.507 e. The van der Waals surface area contributed by atoms with Gasteiger partial charge in [-0.05, 0) is 57.2 Å². The number of aromatic hydroxyl groups is 1. The third-order valence-corrected chi connectivity index (χ3v) is 5.05. The van der Waals surface area contributed by atoms with Crippen molar-refractivity contribution in [3.05, 3.63) is 48.5 Å². The summed E-state index contributed by atoms with van der Waals surface area (Å²) in [5.41, 5.74) is 2.67. The molecule has 1 aliphatic heterocycles. The molecule has 0 aliphatic carbocycles. The van der Waals surface area contributed by atoms with Crippen molar-refractivity contribution in [3.63, 3.8) is 0 Å². The molecule has 1 N–H and O–H groups in total. The van der Waals surface area contributed by atoms with Crippen LogP contribution in [0.3, 0.4) is 0 Å². The number of carbonyl (C=O) groups is 1. The van der Waals surface area contributed by atoms with Gasteiger partial charge in [-0.15, -0.1) is 10.2 Å². The zero-order valence-corrected chi connectivity index (χ0v) is 17.5. The van der Waals surface area contributed by atoms with E-state index in [0.29, 0.717) is 24.3 Å². The molecule has 1 saturated heterocycles. The first-order chi connectivity index (χ1) is 14.3. The van der Waals surface area contributed by atoms with E-state index in [9.17, 15) is 9.90 Å². The minimum Gasteiger partial charge on any atom is -0.507 e. The Morgan fingerprint density at radius 1 is 1.00 bits per heavy atom. The molecule has 4 rings (SSSR count). The first-order valence-corrected chi connectivity index (χ1v) is 10.1. The summed E-state index contributed by atoms with van der Waals surface area (Å²) in [4.78, 5) is 16.3. The van der Waals surface area contributed by atoms with Crippen molar-refractivity contribution >= 4 is 22.7 Å². The zero-order chi connectivity index (χ0) is 21.3. The highest BCUT2D eigenvalue weighted by Gasteiger charge is 2.26. The van der Waals surface area contributed by atoms with Crippen LogP contribution in [0.1, 0.15) is 20.8 Å². The van der Waals surface area contributed by atoms with Gasteiger partial charge < -0.3 is 19.6 Å². The number of amides is 1. The van der Waals surface area contributed by atoms with Gasteiger partial charge in [0.2, 0.25) is 0 Å². The highest BCUT2D eigenvalue weighted by atomic mass is 16.6. The van der Waals surface area contributed by atoms with Gasteiger partial charge in [-0.1, -0.05) is 12.1 Å². The van der Waals surface area contributed by atoms with Crippen molar-refractivity contribution in [3.8, 4) is 17.0 Å². The third kappa shape index (κ3) is 4.30. The number of benzene rings is 2. The van der Waals surface area contributed by atoms with Gasteiger partial charge in [-0.2, -0.15) is 0 Å². The number of fused-ring (bicyclic) bond motifs is 1. The van der Waals surface area contributed by atoms with Crippen molar-refractivity contribution in [2.24, 2.45) is 0 Å². The molecule has 1 aromatic heterocycles. The lowest BCUT2D eigenvalue weighted by Crippen LogP contribution is -2.50. The minimum atomic E-state index is -0.488. The Hall–Kier alpha value is -3.35. The molecule has 1 fully saturated rings. The number of anilines is 1. The van der Waals surface area contributed by atoms with Gasteiger partial charge in [-0.3, -0.25) is 0 Å². The molecule has 1 aliphatic rings. The molecule has 0 unspecified atom stereocenters. The lowest BCUT2D eigenvalue weighted by atomic mass is 10.1. The van der Waals surface area contributed by atoms with Crippen LogP contribution in [0, 0.1) is 0 Å². The molecule has 1 amide bonds. The van der Waals surface area contributed by atoms with Crippen molar-refractivity contribution in [2.45, 2.75) is 26.4 Å². The van der Waals surface area contributed by atoms with E-state index in [-0.39, 0.29) is 11.8 Å². The highest BCUT2D eigenvalue weighted by Crippen LogP contribution is 2.30. The van der Waals surface area contributed by atoms with Crippen LogP contribution in [0.15, 0.2) is 48.5 Å². The average Bonchev–Trinajstić information content (AvgIpc) is 2.72. The number of rotatable bonds is 2. The van der Waals surface area contributed by atoms with E-state index in [1.807, 2.05) is 51.1 Å². The monoisotopic (exact) mass is 406 g/mol. The molecule has 0 radical (unpaired) electrons. The van der Waals surface area contributed by atoms with Crippen LogP contribution in [0.5, 0.6) is 5.75 Å². The summed E-state index contributed by atoms with van der Waals surface area (Å²) in [6, 6.07) is 15.1. The highest BCUT2D eigenvalue weighted by molar-refractivity contribution is 5.86. The number of hydrogen-bond acceptors (Lipinski definition) is 6. The van der Waals surface area contributed by atoms with Crippen LogP contribution >= 0.6 is 0 Å². The molecule has 30 heavy (non-hydrogen) atoms. The van der Waals surface area contributed by atoms with Gasteiger partial charge >= 0.3 is 6.09 Å². The first-order valence-electron chi connectivity index (χ1n) is 10.1. The second-order valence-electron chi connectivity index (χ2n) is 8.44. The molecule has 2 heterocycles. The van der Waals surface area contributed by atoms with Crippen LogP contribution in [0.2, 0.25) is 0 Å². The topological polar surface area (TPSA) is 78.8 Å². The van der Waals surface area contributed by atoms with E-state index in [1.165, 1.54) is 0 Å². The zero-order valence-electron chi connectivity index (χ0n) is 17.5. The molecule has 7 heteroatoms. The second kappa shape index (κ2) is 7.82. The fraction of sp³-hybridized carbons (Fsp3) is 0.348. The Labute approximate surface area is 175 Å². The van der Waals surface area contributed by atoms with Crippen molar-refractivity contribution in [1.82, 2.24) is 15.1 Å². The van der Waals surface area contributed by atoms with E-state index >= 15 is 0 Å². The fourth-order valence-electron chi connectivity index (χ4n) is 3.52. The van der Waals surface area contributed by atoms with Crippen molar-refractivity contribution in [2.75, 3.05) is 31.1 Å². The maximum Gasteiger partial charge on any atom is 0.410 e. The summed E-state index contributed by atoms with van der Waals surface area (Å²) in [5, 5.41) is 19.6. The van der Waals surface area contributed by atoms with Crippen molar-refractivity contribution < 1.29 is 14.6 Å². The number of para-hydroxylation sites is 1. The first kappa shape index (κ1) is 19.9. The summed E-state index contributed by atoms with van der Waals surface area (Å²) in [6.07, 6.45) is -0.261. The number of phenolic OH excluding ortho intramolecular Hbond substituents is 1. The number of aromatic nitrogens is 2. The lowest BCUT2D eigenvalue weighted by Gasteiger charge is -2.36. The minimum absolute atomic E-state index is 0.181. The smallest absolute Gasteiger partial charge is 0.410 e. The predicted molar refractivity (Wildman–Crippen MR) is 117 cm³/mol. The molecule has 156 valence electrons. The molecule has 7 nitrogen and oxygen atoms in total.